The van der Waals surface area contributed by atoms with Crippen LogP contribution in [0.3, 0.4) is 0 Å². The van der Waals surface area contributed by atoms with Crippen molar-refractivity contribution in [3.05, 3.63) is 0 Å². The van der Waals surface area contributed by atoms with Crippen LogP contribution < -0.4 is 10.5 Å². The van der Waals surface area contributed by atoms with Crippen molar-refractivity contribution in [2.75, 3.05) is 6.54 Å². The van der Waals surface area contributed by atoms with Crippen molar-refractivity contribution in [3.8, 4) is 0 Å². The Kier molecular flexibility index (Phi) is 3.14. The summed E-state index contributed by atoms with van der Waals surface area (Å²) in [6.45, 7) is 7.91. The lowest BCUT2D eigenvalue weighted by atomic mass is 9.92. The second kappa shape index (κ2) is 3.56. The lowest BCUT2D eigenvalue weighted by Crippen LogP contribution is -2.27. The average molecular weight is 192 g/mol. The van der Waals surface area contributed by atoms with Gasteiger partial charge in [0.1, 0.15) is 4.71 Å². The maximum atomic E-state index is 5.47. The van der Waals surface area contributed by atoms with E-state index >= 15 is 0 Å². The highest BCUT2D eigenvalue weighted by molar-refractivity contribution is 8.16. The van der Waals surface area contributed by atoms with E-state index in [2.05, 4.69) is 26.1 Å². The molecule has 1 aliphatic heterocycles. The van der Waals surface area contributed by atoms with Gasteiger partial charge in [0.15, 0.2) is 0 Å². The fourth-order valence-corrected chi connectivity index (χ4v) is 2.98. The molecule has 0 aromatic rings. The zero-order valence-corrected chi connectivity index (χ0v) is 8.89. The van der Waals surface area contributed by atoms with Gasteiger partial charge in [-0.3, -0.25) is 10.5 Å². The summed E-state index contributed by atoms with van der Waals surface area (Å²) in [4.78, 5) is 0. The first-order valence-corrected chi connectivity index (χ1v) is 5.67. The highest BCUT2D eigenvalue weighted by Gasteiger charge is 2.32. The molecule has 0 saturated carbocycles. The first-order chi connectivity index (χ1) is 5.04. The lowest BCUT2D eigenvalue weighted by molar-refractivity contribution is 0.395. The summed E-state index contributed by atoms with van der Waals surface area (Å²) >= 11 is 3.35. The second-order valence-electron chi connectivity index (χ2n) is 3.87. The Bertz CT molecular complexity index is 133. The Labute approximate surface area is 77.2 Å². The zero-order chi connectivity index (χ0) is 8.48. The van der Waals surface area contributed by atoms with E-state index in [1.807, 2.05) is 11.8 Å². The van der Waals surface area contributed by atoms with Gasteiger partial charge in [-0.25, -0.2) is 0 Å². The van der Waals surface area contributed by atoms with Gasteiger partial charge < -0.3 is 0 Å². The number of thioether (sulfide) groups is 1. The summed E-state index contributed by atoms with van der Waals surface area (Å²) in [6.07, 6.45) is 0. The molecule has 1 heterocycles. The molecule has 0 aliphatic carbocycles. The van der Waals surface area contributed by atoms with Crippen molar-refractivity contribution >= 4 is 23.7 Å². The molecule has 3 N–H and O–H groups in total. The van der Waals surface area contributed by atoms with Crippen molar-refractivity contribution in [1.29, 1.82) is 0 Å². The van der Waals surface area contributed by atoms with Crippen LogP contribution in [0.1, 0.15) is 20.8 Å². The third kappa shape index (κ3) is 2.54. The van der Waals surface area contributed by atoms with Gasteiger partial charge in [0.05, 0.1) is 0 Å². The average Bonchev–Trinajstić information content (AvgIpc) is 2.32. The summed E-state index contributed by atoms with van der Waals surface area (Å²) in [5.41, 5.74) is 0.391. The monoisotopic (exact) mass is 192 g/mol. The molecule has 1 saturated heterocycles. The topological polar surface area (TPSA) is 38.0 Å². The molecular formula is C7H16N2S2. The summed E-state index contributed by atoms with van der Waals surface area (Å²) in [5.74, 6) is 0. The fraction of sp³-hybridized carbons (Fsp3) is 1.00. The molecule has 0 bridgehead atoms. The number of hydrogen-bond donors (Lipinski definition) is 2. The molecule has 11 heavy (non-hydrogen) atoms. The highest BCUT2D eigenvalue weighted by atomic mass is 32.2. The van der Waals surface area contributed by atoms with E-state index in [-0.39, 0.29) is 0 Å². The van der Waals surface area contributed by atoms with Gasteiger partial charge in [0.25, 0.3) is 0 Å². The highest BCUT2D eigenvalue weighted by Crippen LogP contribution is 2.38. The molecule has 0 aromatic heterocycles. The Balaban J connectivity index is 2.42. The van der Waals surface area contributed by atoms with Crippen molar-refractivity contribution in [3.63, 3.8) is 0 Å². The SMILES string of the molecule is CC(C)(C)C1CNC(SN)S1. The van der Waals surface area contributed by atoms with Crippen LogP contribution in [-0.4, -0.2) is 16.5 Å². The van der Waals surface area contributed by atoms with Gasteiger partial charge >= 0.3 is 0 Å². The lowest BCUT2D eigenvalue weighted by Gasteiger charge is -2.25. The Morgan fingerprint density at radius 3 is 2.45 bits per heavy atom. The van der Waals surface area contributed by atoms with Crippen LogP contribution in [0.4, 0.5) is 0 Å². The van der Waals surface area contributed by atoms with Crippen molar-refractivity contribution in [1.82, 2.24) is 5.32 Å². The first kappa shape index (κ1) is 9.71. The van der Waals surface area contributed by atoms with Gasteiger partial charge in [-0.15, -0.1) is 11.8 Å². The molecule has 0 amide bonds. The summed E-state index contributed by atoms with van der Waals surface area (Å²) < 4.78 is 0.402. The third-order valence-corrected chi connectivity index (χ3v) is 4.54. The predicted octanol–water partition coefficient (Wildman–Crippen LogP) is 1.63. The van der Waals surface area contributed by atoms with Crippen LogP contribution in [-0.2, 0) is 0 Å². The molecule has 4 heteroatoms. The van der Waals surface area contributed by atoms with Crippen molar-refractivity contribution < 1.29 is 0 Å². The van der Waals surface area contributed by atoms with Gasteiger partial charge in [-0.2, -0.15) is 0 Å². The molecule has 1 rings (SSSR count). The smallest absolute Gasteiger partial charge is 0.115 e. The summed E-state index contributed by atoms with van der Waals surface area (Å²) in [6, 6.07) is 0. The molecule has 0 radical (unpaired) electrons. The molecule has 0 spiro atoms. The van der Waals surface area contributed by atoms with E-state index in [0.29, 0.717) is 15.4 Å². The van der Waals surface area contributed by atoms with Crippen LogP contribution in [0.25, 0.3) is 0 Å². The molecule has 1 aliphatic rings. The largest absolute Gasteiger partial charge is 0.295 e. The van der Waals surface area contributed by atoms with Crippen molar-refractivity contribution in [2.45, 2.75) is 30.7 Å². The number of nitrogens with two attached hydrogens (primary N) is 1. The van der Waals surface area contributed by atoms with Gasteiger partial charge in [-0.05, 0) is 5.41 Å². The minimum Gasteiger partial charge on any atom is -0.295 e. The molecular weight excluding hydrogens is 176 g/mol. The van der Waals surface area contributed by atoms with Gasteiger partial charge in [0.2, 0.25) is 0 Å². The normalized spacial score (nSPS) is 32.7. The molecule has 66 valence electrons. The Morgan fingerprint density at radius 1 is 1.55 bits per heavy atom. The Morgan fingerprint density at radius 2 is 2.18 bits per heavy atom. The van der Waals surface area contributed by atoms with Crippen LogP contribution in [0, 0.1) is 5.41 Å². The van der Waals surface area contributed by atoms with Crippen LogP contribution >= 0.6 is 23.7 Å². The van der Waals surface area contributed by atoms with Gasteiger partial charge in [-0.1, -0.05) is 32.7 Å². The van der Waals surface area contributed by atoms with E-state index < -0.39 is 0 Å². The number of rotatable bonds is 1. The fourth-order valence-electron chi connectivity index (χ4n) is 1.04. The molecule has 2 nitrogen and oxygen atoms in total. The number of nitrogens with one attached hydrogen (secondary N) is 1. The standard InChI is InChI=1S/C7H16N2S2/c1-7(2,3)5-4-9-6(10-5)11-8/h5-6,9H,4,8H2,1-3H3. The van der Waals surface area contributed by atoms with E-state index in [4.69, 9.17) is 5.14 Å². The summed E-state index contributed by atoms with van der Waals surface area (Å²) in [5, 5.41) is 9.53. The predicted molar refractivity (Wildman–Crippen MR) is 54.4 cm³/mol. The second-order valence-corrected chi connectivity index (χ2v) is 6.22. The van der Waals surface area contributed by atoms with E-state index in [1.54, 1.807) is 0 Å². The van der Waals surface area contributed by atoms with E-state index in [9.17, 15) is 0 Å². The van der Waals surface area contributed by atoms with E-state index in [0.717, 1.165) is 6.54 Å². The number of hydrogen-bond acceptors (Lipinski definition) is 4. The molecule has 2 atom stereocenters. The zero-order valence-electron chi connectivity index (χ0n) is 7.26. The minimum atomic E-state index is 0.391. The quantitative estimate of drug-likeness (QED) is 0.619. The molecule has 2 unspecified atom stereocenters. The summed E-state index contributed by atoms with van der Waals surface area (Å²) in [7, 11) is 0. The molecule has 1 fully saturated rings. The molecule has 0 aromatic carbocycles. The van der Waals surface area contributed by atoms with Gasteiger partial charge in [0, 0.05) is 11.8 Å². The first-order valence-electron chi connectivity index (χ1n) is 3.78. The third-order valence-electron chi connectivity index (χ3n) is 1.85. The maximum Gasteiger partial charge on any atom is 0.115 e. The minimum absolute atomic E-state index is 0.391. The van der Waals surface area contributed by atoms with Crippen LogP contribution in [0.2, 0.25) is 0 Å². The van der Waals surface area contributed by atoms with Crippen LogP contribution in [0.5, 0.6) is 0 Å². The maximum absolute atomic E-state index is 5.47. The Hall–Kier alpha value is 0.620. The van der Waals surface area contributed by atoms with E-state index in [1.165, 1.54) is 11.9 Å². The van der Waals surface area contributed by atoms with Crippen molar-refractivity contribution in [2.24, 2.45) is 10.6 Å². The van der Waals surface area contributed by atoms with Crippen LogP contribution in [0.15, 0.2) is 0 Å².